The van der Waals surface area contributed by atoms with Crippen LogP contribution in [0.1, 0.15) is 0 Å². The first-order chi connectivity index (χ1) is 8.11. The maximum atomic E-state index is 6.18. The van der Waals surface area contributed by atoms with E-state index >= 15 is 0 Å². The molecule has 17 heavy (non-hydrogen) atoms. The van der Waals surface area contributed by atoms with E-state index in [1.807, 2.05) is 12.1 Å². The molecule has 0 saturated heterocycles. The van der Waals surface area contributed by atoms with Gasteiger partial charge < -0.3 is 10.5 Å². The second-order valence-corrected chi connectivity index (χ2v) is 4.02. The van der Waals surface area contributed by atoms with Crippen molar-refractivity contribution in [2.75, 3.05) is 12.8 Å². The van der Waals surface area contributed by atoms with Crippen molar-refractivity contribution in [1.29, 1.82) is 0 Å². The number of halogens is 2. The van der Waals surface area contributed by atoms with Gasteiger partial charge in [-0.3, -0.25) is 0 Å². The van der Waals surface area contributed by atoms with Crippen molar-refractivity contribution in [2.45, 2.75) is 0 Å². The SMILES string of the molecule is COc1cccc(-c2cc(Cl)nc(N)n2)c1Cl. The summed E-state index contributed by atoms with van der Waals surface area (Å²) in [5.74, 6) is 0.670. The molecule has 0 unspecified atom stereocenters. The van der Waals surface area contributed by atoms with E-state index in [1.165, 1.54) is 0 Å². The van der Waals surface area contributed by atoms with E-state index in [0.717, 1.165) is 0 Å². The third-order valence-corrected chi connectivity index (χ3v) is 2.75. The van der Waals surface area contributed by atoms with Crippen LogP contribution >= 0.6 is 23.2 Å². The van der Waals surface area contributed by atoms with E-state index in [4.69, 9.17) is 33.7 Å². The van der Waals surface area contributed by atoms with Gasteiger partial charge in [-0.25, -0.2) is 9.97 Å². The quantitative estimate of drug-likeness (QED) is 0.852. The Hall–Kier alpha value is -1.52. The molecule has 2 rings (SSSR count). The van der Waals surface area contributed by atoms with Gasteiger partial charge in [0, 0.05) is 11.6 Å². The average molecular weight is 270 g/mol. The third kappa shape index (κ3) is 2.43. The molecule has 4 nitrogen and oxygen atoms in total. The fourth-order valence-corrected chi connectivity index (χ4v) is 1.93. The van der Waals surface area contributed by atoms with Crippen LogP contribution in [-0.4, -0.2) is 17.1 Å². The molecule has 0 saturated carbocycles. The molecule has 1 aromatic heterocycles. The highest BCUT2D eigenvalue weighted by Gasteiger charge is 2.11. The molecule has 0 aliphatic heterocycles. The molecule has 0 spiro atoms. The second-order valence-electron chi connectivity index (χ2n) is 3.26. The monoisotopic (exact) mass is 269 g/mol. The minimum atomic E-state index is 0.103. The highest BCUT2D eigenvalue weighted by Crippen LogP contribution is 2.34. The summed E-state index contributed by atoms with van der Waals surface area (Å²) in [5, 5.41) is 0.732. The average Bonchev–Trinajstić information content (AvgIpc) is 2.28. The third-order valence-electron chi connectivity index (χ3n) is 2.17. The zero-order valence-electron chi connectivity index (χ0n) is 8.95. The van der Waals surface area contributed by atoms with Crippen LogP contribution in [0.5, 0.6) is 5.75 Å². The number of anilines is 1. The number of benzene rings is 1. The van der Waals surface area contributed by atoms with E-state index < -0.39 is 0 Å². The number of hydrogen-bond donors (Lipinski definition) is 1. The molecular formula is C11H9Cl2N3O. The first kappa shape index (κ1) is 12.0. The highest BCUT2D eigenvalue weighted by atomic mass is 35.5. The number of aromatic nitrogens is 2. The van der Waals surface area contributed by atoms with Crippen LogP contribution in [0, 0.1) is 0 Å². The lowest BCUT2D eigenvalue weighted by Crippen LogP contribution is -1.97. The summed E-state index contributed by atoms with van der Waals surface area (Å²) >= 11 is 12.0. The summed E-state index contributed by atoms with van der Waals surface area (Å²) in [4.78, 5) is 7.87. The Bertz CT molecular complexity index is 540. The van der Waals surface area contributed by atoms with Crippen molar-refractivity contribution in [1.82, 2.24) is 9.97 Å². The fraction of sp³-hybridized carbons (Fsp3) is 0.0909. The van der Waals surface area contributed by atoms with Crippen molar-refractivity contribution >= 4 is 29.2 Å². The second kappa shape index (κ2) is 4.77. The van der Waals surface area contributed by atoms with Crippen LogP contribution in [0.3, 0.4) is 0 Å². The lowest BCUT2D eigenvalue weighted by molar-refractivity contribution is 0.415. The summed E-state index contributed by atoms with van der Waals surface area (Å²) in [5.41, 5.74) is 6.79. The maximum Gasteiger partial charge on any atom is 0.221 e. The smallest absolute Gasteiger partial charge is 0.221 e. The Balaban J connectivity index is 2.60. The Morgan fingerprint density at radius 2 is 2.00 bits per heavy atom. The van der Waals surface area contributed by atoms with Gasteiger partial charge >= 0.3 is 0 Å². The van der Waals surface area contributed by atoms with Crippen LogP contribution < -0.4 is 10.5 Å². The summed E-state index contributed by atoms with van der Waals surface area (Å²) in [6, 6.07) is 6.98. The number of ether oxygens (including phenoxy) is 1. The Kier molecular flexibility index (Phi) is 3.36. The molecular weight excluding hydrogens is 261 g/mol. The number of nitrogens with zero attached hydrogens (tertiary/aromatic N) is 2. The topological polar surface area (TPSA) is 61.0 Å². The molecule has 0 aliphatic rings. The molecule has 0 amide bonds. The maximum absolute atomic E-state index is 6.18. The van der Waals surface area contributed by atoms with Crippen LogP contribution in [0.4, 0.5) is 5.95 Å². The van der Waals surface area contributed by atoms with Gasteiger partial charge in [-0.15, -0.1) is 0 Å². The molecule has 88 valence electrons. The number of hydrogen-bond acceptors (Lipinski definition) is 4. The number of nitrogens with two attached hydrogens (primary N) is 1. The lowest BCUT2D eigenvalue weighted by atomic mass is 10.1. The molecule has 1 heterocycles. The number of rotatable bonds is 2. The lowest BCUT2D eigenvalue weighted by Gasteiger charge is -2.08. The summed E-state index contributed by atoms with van der Waals surface area (Å²) in [7, 11) is 1.55. The van der Waals surface area contributed by atoms with Gasteiger partial charge in [-0.05, 0) is 6.07 Å². The zero-order chi connectivity index (χ0) is 12.4. The van der Waals surface area contributed by atoms with E-state index in [-0.39, 0.29) is 11.1 Å². The van der Waals surface area contributed by atoms with Gasteiger partial charge in [-0.1, -0.05) is 35.3 Å². The minimum absolute atomic E-state index is 0.103. The van der Waals surface area contributed by atoms with Crippen LogP contribution in [0.15, 0.2) is 24.3 Å². The molecule has 2 aromatic rings. The van der Waals surface area contributed by atoms with Crippen molar-refractivity contribution < 1.29 is 4.74 Å². The van der Waals surface area contributed by atoms with Gasteiger partial charge in [0.2, 0.25) is 5.95 Å². The summed E-state index contributed by atoms with van der Waals surface area (Å²) in [6.45, 7) is 0. The molecule has 0 atom stereocenters. The molecule has 2 N–H and O–H groups in total. The molecule has 6 heteroatoms. The van der Waals surface area contributed by atoms with Gasteiger partial charge in [0.15, 0.2) is 0 Å². The predicted octanol–water partition coefficient (Wildman–Crippen LogP) is 3.04. The Labute approximate surface area is 108 Å². The molecule has 1 aromatic carbocycles. The molecule has 0 aliphatic carbocycles. The molecule has 0 fully saturated rings. The Morgan fingerprint density at radius 1 is 1.24 bits per heavy atom. The highest BCUT2D eigenvalue weighted by molar-refractivity contribution is 6.35. The van der Waals surface area contributed by atoms with Crippen molar-refractivity contribution in [3.05, 3.63) is 34.4 Å². The summed E-state index contributed by atoms with van der Waals surface area (Å²) in [6.07, 6.45) is 0. The first-order valence-corrected chi connectivity index (χ1v) is 5.50. The van der Waals surface area contributed by atoms with Crippen LogP contribution in [0.25, 0.3) is 11.3 Å². The minimum Gasteiger partial charge on any atom is -0.495 e. The predicted molar refractivity (Wildman–Crippen MR) is 68.5 cm³/mol. The van der Waals surface area contributed by atoms with Crippen molar-refractivity contribution in [3.8, 4) is 17.0 Å². The van der Waals surface area contributed by atoms with Gasteiger partial charge in [-0.2, -0.15) is 0 Å². The standard InChI is InChI=1S/C11H9Cl2N3O/c1-17-8-4-2-3-6(10(8)13)7-5-9(12)16-11(14)15-7/h2-5H,1H3,(H2,14,15,16). The largest absolute Gasteiger partial charge is 0.495 e. The molecule has 0 bridgehead atoms. The summed E-state index contributed by atoms with van der Waals surface area (Å²) < 4.78 is 5.13. The van der Waals surface area contributed by atoms with E-state index in [0.29, 0.717) is 22.0 Å². The van der Waals surface area contributed by atoms with Gasteiger partial charge in [0.05, 0.1) is 17.8 Å². The Morgan fingerprint density at radius 3 is 2.65 bits per heavy atom. The van der Waals surface area contributed by atoms with Gasteiger partial charge in [0.1, 0.15) is 10.9 Å². The van der Waals surface area contributed by atoms with Gasteiger partial charge in [0.25, 0.3) is 0 Å². The van der Waals surface area contributed by atoms with E-state index in [9.17, 15) is 0 Å². The van der Waals surface area contributed by atoms with Crippen molar-refractivity contribution in [2.24, 2.45) is 0 Å². The van der Waals surface area contributed by atoms with E-state index in [2.05, 4.69) is 9.97 Å². The zero-order valence-corrected chi connectivity index (χ0v) is 10.5. The van der Waals surface area contributed by atoms with Crippen LogP contribution in [0.2, 0.25) is 10.2 Å². The van der Waals surface area contributed by atoms with Crippen LogP contribution in [-0.2, 0) is 0 Å². The normalized spacial score (nSPS) is 10.3. The van der Waals surface area contributed by atoms with Crippen molar-refractivity contribution in [3.63, 3.8) is 0 Å². The first-order valence-electron chi connectivity index (χ1n) is 4.74. The van der Waals surface area contributed by atoms with E-state index in [1.54, 1.807) is 19.2 Å². The number of nitrogen functional groups attached to an aromatic ring is 1. The number of methoxy groups -OCH3 is 1. The fourth-order valence-electron chi connectivity index (χ4n) is 1.44. The molecule has 0 radical (unpaired) electrons.